The Hall–Kier alpha value is -3.85. The molecule has 0 bridgehead atoms. The Morgan fingerprint density at radius 3 is 2.09 bits per heavy atom. The van der Waals surface area contributed by atoms with E-state index in [2.05, 4.69) is 5.32 Å². The monoisotopic (exact) mass is 665 g/mol. The number of nitrogens with one attached hydrogen (secondary N) is 1. The number of nitrogens with zero attached hydrogens (tertiary/aromatic N) is 2. The Kier molecular flexibility index (Phi) is 11.7. The number of carbonyl (C=O) groups excluding carboxylic acids is 2. The molecule has 0 aliphatic carbocycles. The summed E-state index contributed by atoms with van der Waals surface area (Å²) in [7, 11) is -4.17. The van der Waals surface area contributed by atoms with E-state index in [1.807, 2.05) is 51.1 Å². The largest absolute Gasteiger partial charge is 0.352 e. The number of sulfonamides is 1. The number of benzene rings is 4. The summed E-state index contributed by atoms with van der Waals surface area (Å²) in [6, 6.07) is 28.1. The zero-order valence-corrected chi connectivity index (χ0v) is 27.8. The number of hydrogen-bond donors (Lipinski definition) is 1. The van der Waals surface area contributed by atoms with Crippen LogP contribution >= 0.6 is 23.2 Å². The fraction of sp³-hybridized carbons (Fsp3) is 0.257. The lowest BCUT2D eigenvalue weighted by atomic mass is 10.0. The first-order chi connectivity index (χ1) is 21.5. The number of halogens is 2. The van der Waals surface area contributed by atoms with Crippen molar-refractivity contribution in [3.63, 3.8) is 0 Å². The van der Waals surface area contributed by atoms with Crippen LogP contribution in [-0.4, -0.2) is 43.8 Å². The molecule has 2 amide bonds. The lowest BCUT2D eigenvalue weighted by molar-refractivity contribution is -0.140. The average molecular weight is 667 g/mol. The summed E-state index contributed by atoms with van der Waals surface area (Å²) in [6.07, 6.45) is 0.896. The molecule has 45 heavy (non-hydrogen) atoms. The van der Waals surface area contributed by atoms with Crippen LogP contribution in [0.25, 0.3) is 0 Å². The number of rotatable bonds is 13. The Bertz CT molecular complexity index is 1700. The van der Waals surface area contributed by atoms with Gasteiger partial charge in [-0.25, -0.2) is 8.42 Å². The van der Waals surface area contributed by atoms with Gasteiger partial charge in [0.25, 0.3) is 10.0 Å². The van der Waals surface area contributed by atoms with Crippen molar-refractivity contribution in [1.29, 1.82) is 0 Å². The Balaban J connectivity index is 1.82. The highest BCUT2D eigenvalue weighted by Crippen LogP contribution is 2.27. The first-order valence-corrected chi connectivity index (χ1v) is 16.9. The van der Waals surface area contributed by atoms with Crippen molar-refractivity contribution in [2.45, 2.75) is 57.1 Å². The molecule has 0 heterocycles. The van der Waals surface area contributed by atoms with Crippen LogP contribution in [0.1, 0.15) is 37.0 Å². The predicted molar refractivity (Wildman–Crippen MR) is 181 cm³/mol. The number of anilines is 1. The van der Waals surface area contributed by atoms with Crippen LogP contribution in [0, 0.1) is 6.92 Å². The van der Waals surface area contributed by atoms with Gasteiger partial charge in [0.1, 0.15) is 12.6 Å². The molecule has 4 aromatic rings. The molecule has 0 aliphatic rings. The molecule has 236 valence electrons. The number of aryl methyl sites for hydroxylation is 1. The lowest BCUT2D eigenvalue weighted by Gasteiger charge is -2.34. The molecule has 7 nitrogen and oxygen atoms in total. The minimum Gasteiger partial charge on any atom is -0.352 e. The molecular weight excluding hydrogens is 629 g/mol. The molecule has 4 rings (SSSR count). The molecule has 0 saturated heterocycles. The number of amides is 2. The van der Waals surface area contributed by atoms with E-state index in [0.717, 1.165) is 15.4 Å². The van der Waals surface area contributed by atoms with E-state index in [4.69, 9.17) is 23.2 Å². The highest BCUT2D eigenvalue weighted by Gasteiger charge is 2.35. The third-order valence-corrected chi connectivity index (χ3v) is 9.93. The summed E-state index contributed by atoms with van der Waals surface area (Å²) in [5, 5.41) is 3.78. The molecule has 0 fully saturated rings. The van der Waals surface area contributed by atoms with Gasteiger partial charge in [0.05, 0.1) is 10.6 Å². The third-order valence-electron chi connectivity index (χ3n) is 7.56. The van der Waals surface area contributed by atoms with E-state index >= 15 is 0 Å². The van der Waals surface area contributed by atoms with Crippen LogP contribution < -0.4 is 9.62 Å². The quantitative estimate of drug-likeness (QED) is 0.166. The summed E-state index contributed by atoms with van der Waals surface area (Å²) in [5.74, 6) is -0.916. The van der Waals surface area contributed by atoms with Crippen LogP contribution in [0.5, 0.6) is 0 Å². The van der Waals surface area contributed by atoms with E-state index in [0.29, 0.717) is 27.7 Å². The van der Waals surface area contributed by atoms with Gasteiger partial charge in [-0.05, 0) is 67.8 Å². The van der Waals surface area contributed by atoms with Crippen molar-refractivity contribution in [1.82, 2.24) is 10.2 Å². The van der Waals surface area contributed by atoms with Crippen LogP contribution in [0.15, 0.2) is 108 Å². The van der Waals surface area contributed by atoms with E-state index in [1.165, 1.54) is 17.0 Å². The maximum Gasteiger partial charge on any atom is 0.264 e. The van der Waals surface area contributed by atoms with Crippen molar-refractivity contribution >= 4 is 50.7 Å². The van der Waals surface area contributed by atoms with Gasteiger partial charge in [-0.15, -0.1) is 0 Å². The Morgan fingerprint density at radius 2 is 1.49 bits per heavy atom. The van der Waals surface area contributed by atoms with Crippen molar-refractivity contribution in [2.75, 3.05) is 10.8 Å². The van der Waals surface area contributed by atoms with E-state index < -0.39 is 28.5 Å². The SMILES string of the molecule is CC[C@H](C)NC(=O)[C@H](Cc1ccccc1)N(Cc1ccc(Cl)cc1Cl)C(=O)CN(c1ccc(C)cc1)S(=O)(=O)c1ccccc1. The van der Waals surface area contributed by atoms with Crippen LogP contribution in [0.3, 0.4) is 0 Å². The normalized spacial score (nSPS) is 12.6. The molecule has 0 spiro atoms. The van der Waals surface area contributed by atoms with Gasteiger partial charge >= 0.3 is 0 Å². The van der Waals surface area contributed by atoms with Crippen molar-refractivity contribution in [3.05, 3.63) is 130 Å². The van der Waals surface area contributed by atoms with E-state index in [1.54, 1.807) is 60.7 Å². The second kappa shape index (κ2) is 15.4. The zero-order chi connectivity index (χ0) is 32.6. The molecule has 10 heteroatoms. The summed E-state index contributed by atoms with van der Waals surface area (Å²) in [5.41, 5.74) is 2.67. The smallest absolute Gasteiger partial charge is 0.264 e. The molecule has 2 atom stereocenters. The molecular formula is C35H37Cl2N3O4S. The summed E-state index contributed by atoms with van der Waals surface area (Å²) < 4.78 is 29.2. The third kappa shape index (κ3) is 8.87. The summed E-state index contributed by atoms with van der Waals surface area (Å²) in [4.78, 5) is 29.9. The van der Waals surface area contributed by atoms with Crippen LogP contribution in [0.2, 0.25) is 10.0 Å². The van der Waals surface area contributed by atoms with Gasteiger partial charge in [-0.1, -0.05) is 102 Å². The second-order valence-corrected chi connectivity index (χ2v) is 13.6. The van der Waals surface area contributed by atoms with Gasteiger partial charge in [-0.3, -0.25) is 13.9 Å². The van der Waals surface area contributed by atoms with E-state index in [9.17, 15) is 18.0 Å². The number of hydrogen-bond acceptors (Lipinski definition) is 4. The highest BCUT2D eigenvalue weighted by atomic mass is 35.5. The maximum atomic E-state index is 14.5. The predicted octanol–water partition coefficient (Wildman–Crippen LogP) is 7.05. The maximum absolute atomic E-state index is 14.5. The number of carbonyl (C=O) groups is 2. The van der Waals surface area contributed by atoms with Gasteiger partial charge < -0.3 is 10.2 Å². The summed E-state index contributed by atoms with van der Waals surface area (Å²) >= 11 is 12.7. The topological polar surface area (TPSA) is 86.8 Å². The summed E-state index contributed by atoms with van der Waals surface area (Å²) in [6.45, 7) is 5.15. The van der Waals surface area contributed by atoms with Crippen LogP contribution in [0.4, 0.5) is 5.69 Å². The average Bonchev–Trinajstić information content (AvgIpc) is 3.03. The zero-order valence-electron chi connectivity index (χ0n) is 25.5. The van der Waals surface area contributed by atoms with Crippen molar-refractivity contribution < 1.29 is 18.0 Å². The molecule has 0 radical (unpaired) electrons. The van der Waals surface area contributed by atoms with Gasteiger partial charge in [0.15, 0.2) is 0 Å². The lowest BCUT2D eigenvalue weighted by Crippen LogP contribution is -2.54. The van der Waals surface area contributed by atoms with E-state index in [-0.39, 0.29) is 29.8 Å². The first kappa shape index (κ1) is 34.0. The minimum absolute atomic E-state index is 0.0426. The molecule has 4 aromatic carbocycles. The van der Waals surface area contributed by atoms with Gasteiger partial charge in [0.2, 0.25) is 11.8 Å². The van der Waals surface area contributed by atoms with Crippen molar-refractivity contribution in [2.24, 2.45) is 0 Å². The fourth-order valence-electron chi connectivity index (χ4n) is 4.79. The Morgan fingerprint density at radius 1 is 0.867 bits per heavy atom. The van der Waals surface area contributed by atoms with Gasteiger partial charge in [0, 0.05) is 29.1 Å². The standard InChI is InChI=1S/C35H37Cl2N3O4S/c1-4-26(3)38-35(42)33(21-27-11-7-5-8-12-27)39(23-28-17-18-29(36)22-32(28)37)34(41)24-40(30-19-15-25(2)16-20-30)45(43,44)31-13-9-6-10-14-31/h5-20,22,26,33H,4,21,23-24H2,1-3H3,(H,38,42)/t26-,33-/m0/s1. The fourth-order valence-corrected chi connectivity index (χ4v) is 6.69. The molecule has 0 saturated carbocycles. The minimum atomic E-state index is -4.17. The molecule has 0 aliphatic heterocycles. The van der Waals surface area contributed by atoms with Gasteiger partial charge in [-0.2, -0.15) is 0 Å². The van der Waals surface area contributed by atoms with Crippen LogP contribution in [-0.2, 0) is 32.6 Å². The first-order valence-electron chi connectivity index (χ1n) is 14.7. The Labute approximate surface area is 275 Å². The van der Waals surface area contributed by atoms with Crippen molar-refractivity contribution in [3.8, 4) is 0 Å². The highest BCUT2D eigenvalue weighted by molar-refractivity contribution is 7.92. The molecule has 1 N–H and O–H groups in total. The molecule has 0 unspecified atom stereocenters. The second-order valence-electron chi connectivity index (χ2n) is 10.9. The molecule has 0 aromatic heterocycles.